The molecule has 0 aliphatic heterocycles. The zero-order chi connectivity index (χ0) is 24.4. The Morgan fingerprint density at radius 1 is 0.829 bits per heavy atom. The van der Waals surface area contributed by atoms with Gasteiger partial charge in [-0.25, -0.2) is 9.48 Å². The fraction of sp³-hybridized carbons (Fsp3) is 0.0357. The minimum Gasteiger partial charge on any atom is -0.497 e. The Hall–Kier alpha value is -4.91. The second-order valence-electron chi connectivity index (χ2n) is 7.78. The maximum atomic E-state index is 14.1. The SMILES string of the molecule is COc1ccc2c(C(=O)N(c3ccccc3)c3ccccc3)nn(-c3ccccc3C(=O)O)c2c1. The number of aromatic nitrogens is 2. The summed E-state index contributed by atoms with van der Waals surface area (Å²) < 4.78 is 6.88. The molecule has 1 aromatic heterocycles. The van der Waals surface area contributed by atoms with Crippen molar-refractivity contribution in [1.82, 2.24) is 9.78 Å². The number of methoxy groups -OCH3 is 1. The van der Waals surface area contributed by atoms with Gasteiger partial charge in [0, 0.05) is 22.8 Å². The van der Waals surface area contributed by atoms with Crippen LogP contribution < -0.4 is 9.64 Å². The lowest BCUT2D eigenvalue weighted by Gasteiger charge is -2.22. The van der Waals surface area contributed by atoms with E-state index in [1.54, 1.807) is 48.4 Å². The van der Waals surface area contributed by atoms with Gasteiger partial charge >= 0.3 is 5.97 Å². The van der Waals surface area contributed by atoms with Gasteiger partial charge in [-0.2, -0.15) is 5.10 Å². The van der Waals surface area contributed by atoms with Crippen molar-refractivity contribution < 1.29 is 19.4 Å². The molecule has 1 amide bonds. The Kier molecular flexibility index (Phi) is 5.73. The van der Waals surface area contributed by atoms with E-state index in [1.807, 2.05) is 60.7 Å². The summed E-state index contributed by atoms with van der Waals surface area (Å²) in [5.41, 5.74) is 2.54. The first-order valence-electron chi connectivity index (χ1n) is 10.9. The highest BCUT2D eigenvalue weighted by Gasteiger charge is 2.27. The van der Waals surface area contributed by atoms with Crippen molar-refractivity contribution in [2.45, 2.75) is 0 Å². The van der Waals surface area contributed by atoms with Crippen LogP contribution in [0.2, 0.25) is 0 Å². The molecular weight excluding hydrogens is 442 g/mol. The molecule has 35 heavy (non-hydrogen) atoms. The van der Waals surface area contributed by atoms with E-state index >= 15 is 0 Å². The highest BCUT2D eigenvalue weighted by Crippen LogP contribution is 2.32. The molecule has 0 fully saturated rings. The highest BCUT2D eigenvalue weighted by molar-refractivity contribution is 6.16. The first kappa shape index (κ1) is 21.9. The Morgan fingerprint density at radius 2 is 1.43 bits per heavy atom. The van der Waals surface area contributed by atoms with Crippen LogP contribution >= 0.6 is 0 Å². The third-order valence-corrected chi connectivity index (χ3v) is 5.69. The van der Waals surface area contributed by atoms with Crippen LogP contribution in [0.1, 0.15) is 20.8 Å². The van der Waals surface area contributed by atoms with Gasteiger partial charge in [0.1, 0.15) is 5.75 Å². The van der Waals surface area contributed by atoms with Crippen LogP contribution in [0.3, 0.4) is 0 Å². The molecule has 0 aliphatic carbocycles. The summed E-state index contributed by atoms with van der Waals surface area (Å²) in [5.74, 6) is -0.868. The molecule has 5 rings (SSSR count). The predicted molar refractivity (Wildman–Crippen MR) is 134 cm³/mol. The van der Waals surface area contributed by atoms with Crippen molar-refractivity contribution >= 4 is 34.2 Å². The number of benzene rings is 4. The molecule has 7 nitrogen and oxygen atoms in total. The average Bonchev–Trinajstić information content (AvgIpc) is 3.28. The van der Waals surface area contributed by atoms with Gasteiger partial charge in [0.2, 0.25) is 0 Å². The highest BCUT2D eigenvalue weighted by atomic mass is 16.5. The second kappa shape index (κ2) is 9.15. The number of carboxylic acid groups (broad SMARTS) is 1. The number of ether oxygens (including phenoxy) is 1. The standard InChI is InChI=1S/C28H21N3O4/c1-35-21-16-17-22-25(18-21)31(24-15-9-8-14-23(24)28(33)34)29-26(22)27(32)30(19-10-4-2-5-11-19)20-12-6-3-7-13-20/h2-18H,1H3,(H,33,34). The number of carbonyl (C=O) groups excluding carboxylic acids is 1. The number of anilines is 2. The van der Waals surface area contributed by atoms with E-state index in [2.05, 4.69) is 5.10 Å². The fourth-order valence-corrected chi connectivity index (χ4v) is 4.05. The molecule has 0 saturated heterocycles. The third kappa shape index (κ3) is 4.00. The zero-order valence-electron chi connectivity index (χ0n) is 18.8. The van der Waals surface area contributed by atoms with Crippen molar-refractivity contribution in [1.29, 1.82) is 0 Å². The molecule has 4 aromatic carbocycles. The normalized spacial score (nSPS) is 10.8. The number of amides is 1. The lowest BCUT2D eigenvalue weighted by molar-refractivity contribution is 0.0696. The third-order valence-electron chi connectivity index (χ3n) is 5.69. The topological polar surface area (TPSA) is 84.7 Å². The van der Waals surface area contributed by atoms with Crippen LogP contribution in [0, 0.1) is 0 Å². The number of para-hydroxylation sites is 3. The van der Waals surface area contributed by atoms with Crippen LogP contribution in [0.5, 0.6) is 5.75 Å². The summed E-state index contributed by atoms with van der Waals surface area (Å²) in [6.45, 7) is 0. The number of hydrogen-bond donors (Lipinski definition) is 1. The summed E-state index contributed by atoms with van der Waals surface area (Å²) >= 11 is 0. The van der Waals surface area contributed by atoms with Gasteiger partial charge in [0.25, 0.3) is 5.91 Å². The van der Waals surface area contributed by atoms with Gasteiger partial charge in [0.15, 0.2) is 5.69 Å². The average molecular weight is 463 g/mol. The lowest BCUT2D eigenvalue weighted by Crippen LogP contribution is -2.26. The summed E-state index contributed by atoms with van der Waals surface area (Å²) in [4.78, 5) is 27.6. The number of carboxylic acids is 1. The van der Waals surface area contributed by atoms with E-state index in [0.717, 1.165) is 0 Å². The molecule has 172 valence electrons. The molecule has 0 bridgehead atoms. The fourth-order valence-electron chi connectivity index (χ4n) is 4.05. The van der Waals surface area contributed by atoms with E-state index in [9.17, 15) is 14.7 Å². The summed E-state index contributed by atoms with van der Waals surface area (Å²) in [6.07, 6.45) is 0. The number of aromatic carboxylic acids is 1. The van der Waals surface area contributed by atoms with Crippen LogP contribution in [0.15, 0.2) is 103 Å². The smallest absolute Gasteiger partial charge is 0.337 e. The van der Waals surface area contributed by atoms with Crippen molar-refractivity contribution in [3.8, 4) is 11.4 Å². The van der Waals surface area contributed by atoms with Crippen molar-refractivity contribution in [3.63, 3.8) is 0 Å². The maximum absolute atomic E-state index is 14.1. The predicted octanol–water partition coefficient (Wildman–Crippen LogP) is 5.71. The Balaban J connectivity index is 1.75. The van der Waals surface area contributed by atoms with Crippen LogP contribution in [-0.2, 0) is 0 Å². The number of nitrogens with zero attached hydrogens (tertiary/aromatic N) is 3. The van der Waals surface area contributed by atoms with E-state index < -0.39 is 5.97 Å². The van der Waals surface area contributed by atoms with Crippen LogP contribution in [-0.4, -0.2) is 33.9 Å². The molecule has 7 heteroatoms. The van der Waals surface area contributed by atoms with Crippen LogP contribution in [0.25, 0.3) is 16.6 Å². The second-order valence-corrected chi connectivity index (χ2v) is 7.78. The number of rotatable bonds is 6. The first-order valence-corrected chi connectivity index (χ1v) is 10.9. The van der Waals surface area contributed by atoms with Gasteiger partial charge in [-0.05, 0) is 48.5 Å². The Labute approximate surface area is 201 Å². The summed E-state index contributed by atoms with van der Waals surface area (Å²) in [6, 6.07) is 30.5. The summed E-state index contributed by atoms with van der Waals surface area (Å²) in [7, 11) is 1.55. The molecule has 1 N–H and O–H groups in total. The maximum Gasteiger partial charge on any atom is 0.337 e. The number of carbonyl (C=O) groups is 2. The van der Waals surface area contributed by atoms with E-state index in [-0.39, 0.29) is 17.2 Å². The van der Waals surface area contributed by atoms with Crippen molar-refractivity contribution in [2.75, 3.05) is 12.0 Å². The van der Waals surface area contributed by atoms with E-state index in [4.69, 9.17) is 4.74 Å². The molecule has 0 unspecified atom stereocenters. The molecular formula is C28H21N3O4. The lowest BCUT2D eigenvalue weighted by atomic mass is 10.1. The van der Waals surface area contributed by atoms with Crippen molar-refractivity contribution in [3.05, 3.63) is 114 Å². The minimum absolute atomic E-state index is 0.0710. The van der Waals surface area contributed by atoms with E-state index in [1.165, 1.54) is 10.7 Å². The molecule has 0 spiro atoms. The van der Waals surface area contributed by atoms with Gasteiger partial charge in [-0.3, -0.25) is 9.69 Å². The number of fused-ring (bicyclic) bond motifs is 1. The van der Waals surface area contributed by atoms with Crippen LogP contribution in [0.4, 0.5) is 11.4 Å². The molecule has 0 saturated carbocycles. The first-order chi connectivity index (χ1) is 17.1. The molecule has 0 aliphatic rings. The van der Waals surface area contributed by atoms with E-state index in [0.29, 0.717) is 33.7 Å². The molecule has 5 aromatic rings. The summed E-state index contributed by atoms with van der Waals surface area (Å²) in [5, 5.41) is 15.0. The van der Waals surface area contributed by atoms with Crippen molar-refractivity contribution in [2.24, 2.45) is 0 Å². The van der Waals surface area contributed by atoms with Gasteiger partial charge in [0.05, 0.1) is 23.9 Å². The molecule has 1 heterocycles. The van der Waals surface area contributed by atoms with Gasteiger partial charge in [-0.1, -0.05) is 48.5 Å². The number of hydrogen-bond acceptors (Lipinski definition) is 4. The monoisotopic (exact) mass is 463 g/mol. The Bertz CT molecular complexity index is 1490. The minimum atomic E-state index is -1.09. The largest absolute Gasteiger partial charge is 0.497 e. The zero-order valence-corrected chi connectivity index (χ0v) is 18.8. The molecule has 0 radical (unpaired) electrons. The quantitative estimate of drug-likeness (QED) is 0.349. The van der Waals surface area contributed by atoms with Gasteiger partial charge in [-0.15, -0.1) is 0 Å². The Morgan fingerprint density at radius 3 is 2.03 bits per heavy atom. The van der Waals surface area contributed by atoms with Gasteiger partial charge < -0.3 is 9.84 Å². The molecule has 0 atom stereocenters.